The Morgan fingerprint density at radius 2 is 1.89 bits per heavy atom. The van der Waals surface area contributed by atoms with E-state index in [1.165, 1.54) is 0 Å². The van der Waals surface area contributed by atoms with Crippen molar-refractivity contribution in [3.05, 3.63) is 53.1 Å². The van der Waals surface area contributed by atoms with E-state index >= 15 is 0 Å². The summed E-state index contributed by atoms with van der Waals surface area (Å²) in [5.41, 5.74) is 2.87. The van der Waals surface area contributed by atoms with E-state index in [1.807, 2.05) is 45.0 Å². The van der Waals surface area contributed by atoms with Gasteiger partial charge in [-0.2, -0.15) is 0 Å². The zero-order valence-corrected chi connectivity index (χ0v) is 22.7. The number of carbonyl (C=O) groups excluding carboxylic acids is 1. The Bertz CT molecular complexity index is 1030. The zero-order valence-electron chi connectivity index (χ0n) is 22.7. The van der Waals surface area contributed by atoms with E-state index < -0.39 is 48.9 Å². The van der Waals surface area contributed by atoms with Crippen molar-refractivity contribution in [3.63, 3.8) is 0 Å². The van der Waals surface area contributed by atoms with Gasteiger partial charge in [0.1, 0.15) is 11.9 Å². The molecule has 0 saturated carbocycles. The molecule has 8 atom stereocenters. The second-order valence-corrected chi connectivity index (χ2v) is 10.9. The number of ether oxygens (including phenoxy) is 2. The van der Waals surface area contributed by atoms with Crippen LogP contribution in [0.25, 0.3) is 0 Å². The molecule has 2 aliphatic carbocycles. The molecule has 1 aromatic rings. The summed E-state index contributed by atoms with van der Waals surface area (Å²) in [6.45, 7) is 7.83. The number of carboxylic acids is 1. The molecule has 0 bridgehead atoms. The number of carboxylic acid groups (broad SMARTS) is 1. The molecule has 0 aromatic heterocycles. The van der Waals surface area contributed by atoms with Crippen LogP contribution in [-0.4, -0.2) is 62.9 Å². The fraction of sp³-hybridized carbons (Fsp3) is 0.600. The third-order valence-electron chi connectivity index (χ3n) is 7.67. The normalized spacial score (nSPS) is 27.0. The van der Waals surface area contributed by atoms with Crippen molar-refractivity contribution >= 4 is 11.9 Å². The summed E-state index contributed by atoms with van der Waals surface area (Å²) in [4.78, 5) is 24.1. The molecule has 1 aromatic carbocycles. The average Bonchev–Trinajstić information content (AvgIpc) is 2.83. The maximum absolute atomic E-state index is 13.3. The van der Waals surface area contributed by atoms with Crippen LogP contribution in [0.5, 0.6) is 5.75 Å². The molecule has 0 saturated heterocycles. The number of carbonyl (C=O) groups is 2. The lowest BCUT2D eigenvalue weighted by atomic mass is 9.66. The number of aryl methyl sites for hydroxylation is 2. The van der Waals surface area contributed by atoms with Crippen LogP contribution in [0.4, 0.5) is 0 Å². The Labute approximate surface area is 225 Å². The second-order valence-electron chi connectivity index (χ2n) is 10.9. The van der Waals surface area contributed by atoms with Gasteiger partial charge in [0.05, 0.1) is 24.7 Å². The van der Waals surface area contributed by atoms with Crippen LogP contribution in [0.15, 0.2) is 42.0 Å². The summed E-state index contributed by atoms with van der Waals surface area (Å²) in [5.74, 6) is -0.922. The predicted octanol–water partition coefficient (Wildman–Crippen LogP) is 3.87. The van der Waals surface area contributed by atoms with Crippen molar-refractivity contribution in [1.29, 1.82) is 0 Å². The molecule has 0 spiro atoms. The molecule has 2 unspecified atom stereocenters. The highest BCUT2D eigenvalue weighted by Crippen LogP contribution is 2.44. The lowest BCUT2D eigenvalue weighted by molar-refractivity contribution is -0.163. The Morgan fingerprint density at radius 3 is 2.58 bits per heavy atom. The Kier molecular flexibility index (Phi) is 10.5. The first-order valence-corrected chi connectivity index (χ1v) is 13.6. The molecule has 0 fully saturated rings. The lowest BCUT2D eigenvalue weighted by Gasteiger charge is -2.43. The topological polar surface area (TPSA) is 134 Å². The first-order chi connectivity index (χ1) is 18.0. The number of hydrogen-bond donors (Lipinski definition) is 4. The molecule has 8 heteroatoms. The highest BCUT2D eigenvalue weighted by atomic mass is 16.6. The second kappa shape index (κ2) is 13.4. The maximum atomic E-state index is 13.3. The molecule has 0 amide bonds. The van der Waals surface area contributed by atoms with Gasteiger partial charge in [-0.15, -0.1) is 0 Å². The summed E-state index contributed by atoms with van der Waals surface area (Å²) >= 11 is 0. The number of benzene rings is 1. The van der Waals surface area contributed by atoms with E-state index in [2.05, 4.69) is 13.0 Å². The molecular weight excluding hydrogens is 488 g/mol. The van der Waals surface area contributed by atoms with Crippen molar-refractivity contribution in [3.8, 4) is 5.75 Å². The summed E-state index contributed by atoms with van der Waals surface area (Å²) in [5, 5.41) is 39.7. The molecule has 8 nitrogen and oxygen atoms in total. The van der Waals surface area contributed by atoms with E-state index in [1.54, 1.807) is 6.08 Å². The van der Waals surface area contributed by atoms with Crippen molar-refractivity contribution < 1.29 is 39.5 Å². The number of esters is 1. The van der Waals surface area contributed by atoms with Crippen LogP contribution < -0.4 is 4.74 Å². The number of aliphatic hydroxyl groups is 3. The SMILES string of the molecule is CCC(Oc1cc(C)ccc1C)C(=O)O[C@H]1C[C@H](O)C=C2C=C[C@H](C)[C@H](CCC(O)C[C@@H](O)CC(=O)O)[C@H]21. The van der Waals surface area contributed by atoms with Gasteiger partial charge in [0.2, 0.25) is 0 Å². The Hall–Kier alpha value is -2.68. The van der Waals surface area contributed by atoms with Crippen molar-refractivity contribution in [2.45, 2.75) is 96.7 Å². The fourth-order valence-corrected chi connectivity index (χ4v) is 5.60. The third kappa shape index (κ3) is 7.91. The summed E-state index contributed by atoms with van der Waals surface area (Å²) in [6, 6.07) is 5.84. The molecule has 38 heavy (non-hydrogen) atoms. The molecule has 0 aliphatic heterocycles. The number of hydrogen-bond acceptors (Lipinski definition) is 7. The van der Waals surface area contributed by atoms with E-state index in [4.69, 9.17) is 14.6 Å². The molecular formula is C30H42O8. The van der Waals surface area contributed by atoms with Crippen LogP contribution in [0.1, 0.15) is 63.5 Å². The van der Waals surface area contributed by atoms with E-state index in [-0.39, 0.29) is 30.6 Å². The van der Waals surface area contributed by atoms with Gasteiger partial charge in [0, 0.05) is 12.3 Å². The standard InChI is InChI=1S/C30H42O8/c1-5-25(37-26-12-17(2)6-7-19(26)4)30(36)38-27-15-22(32)13-20-9-8-18(3)24(29(20)27)11-10-21(31)14-23(33)16-28(34)35/h6-9,12-13,18,21-25,27,29,31-33H,5,10-11,14-16H2,1-4H3,(H,34,35)/t18-,21?,22+,23+,24-,25?,27-,29-/m0/s1. The van der Waals surface area contributed by atoms with Gasteiger partial charge in [0.25, 0.3) is 0 Å². The quantitative estimate of drug-likeness (QED) is 0.299. The van der Waals surface area contributed by atoms with Gasteiger partial charge < -0.3 is 29.9 Å². The summed E-state index contributed by atoms with van der Waals surface area (Å²) < 4.78 is 12.1. The smallest absolute Gasteiger partial charge is 0.347 e. The zero-order chi connectivity index (χ0) is 28.0. The number of aliphatic hydroxyl groups excluding tert-OH is 3. The van der Waals surface area contributed by atoms with Crippen LogP contribution >= 0.6 is 0 Å². The first-order valence-electron chi connectivity index (χ1n) is 13.6. The van der Waals surface area contributed by atoms with Crippen LogP contribution in [0, 0.1) is 31.6 Å². The number of allylic oxidation sites excluding steroid dienone is 2. The van der Waals surface area contributed by atoms with Gasteiger partial charge in [-0.05, 0) is 74.1 Å². The van der Waals surface area contributed by atoms with E-state index in [9.17, 15) is 24.9 Å². The molecule has 0 heterocycles. The maximum Gasteiger partial charge on any atom is 0.347 e. The highest BCUT2D eigenvalue weighted by molar-refractivity contribution is 5.75. The molecule has 3 rings (SSSR count). The molecule has 210 valence electrons. The fourth-order valence-electron chi connectivity index (χ4n) is 5.60. The number of aliphatic carboxylic acids is 1. The number of rotatable bonds is 12. The lowest BCUT2D eigenvalue weighted by Crippen LogP contribution is -2.44. The van der Waals surface area contributed by atoms with Crippen molar-refractivity contribution in [2.75, 3.05) is 0 Å². The summed E-state index contributed by atoms with van der Waals surface area (Å²) in [7, 11) is 0. The van der Waals surface area contributed by atoms with Crippen LogP contribution in [0.3, 0.4) is 0 Å². The van der Waals surface area contributed by atoms with Gasteiger partial charge in [-0.25, -0.2) is 4.79 Å². The minimum Gasteiger partial charge on any atom is -0.481 e. The van der Waals surface area contributed by atoms with Gasteiger partial charge in [0.15, 0.2) is 6.10 Å². The Morgan fingerprint density at radius 1 is 1.16 bits per heavy atom. The van der Waals surface area contributed by atoms with Crippen LogP contribution in [0.2, 0.25) is 0 Å². The number of fused-ring (bicyclic) bond motifs is 1. The Balaban J connectivity index is 1.72. The molecule has 4 N–H and O–H groups in total. The van der Waals surface area contributed by atoms with Crippen LogP contribution in [-0.2, 0) is 14.3 Å². The predicted molar refractivity (Wildman–Crippen MR) is 143 cm³/mol. The van der Waals surface area contributed by atoms with Gasteiger partial charge in [-0.3, -0.25) is 4.79 Å². The largest absolute Gasteiger partial charge is 0.481 e. The van der Waals surface area contributed by atoms with Crippen molar-refractivity contribution in [2.24, 2.45) is 17.8 Å². The van der Waals surface area contributed by atoms with Gasteiger partial charge in [-0.1, -0.05) is 44.2 Å². The summed E-state index contributed by atoms with van der Waals surface area (Å²) in [6.07, 6.45) is 3.07. The first kappa shape index (κ1) is 29.9. The third-order valence-corrected chi connectivity index (χ3v) is 7.67. The van der Waals surface area contributed by atoms with Crippen molar-refractivity contribution in [1.82, 2.24) is 0 Å². The molecule has 2 aliphatic rings. The van der Waals surface area contributed by atoms with E-state index in [0.717, 1.165) is 16.7 Å². The average molecular weight is 531 g/mol. The van der Waals surface area contributed by atoms with Gasteiger partial charge >= 0.3 is 11.9 Å². The minimum atomic E-state index is -1.11. The molecule has 0 radical (unpaired) electrons. The monoisotopic (exact) mass is 530 g/mol. The minimum absolute atomic E-state index is 0.0123. The highest BCUT2D eigenvalue weighted by Gasteiger charge is 2.42. The van der Waals surface area contributed by atoms with E-state index in [0.29, 0.717) is 25.0 Å².